The van der Waals surface area contributed by atoms with Crippen LogP contribution in [0.5, 0.6) is 5.75 Å². The Hall–Kier alpha value is -4.13. The van der Waals surface area contributed by atoms with E-state index >= 15 is 0 Å². The van der Waals surface area contributed by atoms with E-state index in [2.05, 4.69) is 16.0 Å². The number of anilines is 2. The SMILES string of the molecule is CC(=O)c1cccc(OCC(=O)NCc2cccc(NC(=O)Nc3cccc(C)c3)c2)c1. The normalized spacial score (nSPS) is 10.2. The molecule has 3 rings (SSSR count). The highest BCUT2D eigenvalue weighted by atomic mass is 16.5. The minimum atomic E-state index is -0.349. The van der Waals surface area contributed by atoms with Gasteiger partial charge in [0, 0.05) is 23.5 Å². The third kappa shape index (κ3) is 6.98. The Bertz CT molecular complexity index is 1130. The first-order valence-electron chi connectivity index (χ1n) is 10.1. The summed E-state index contributed by atoms with van der Waals surface area (Å²) >= 11 is 0. The van der Waals surface area contributed by atoms with Crippen LogP contribution in [-0.4, -0.2) is 24.3 Å². The summed E-state index contributed by atoms with van der Waals surface area (Å²) < 4.78 is 5.46. The molecule has 0 heterocycles. The topological polar surface area (TPSA) is 96.5 Å². The van der Waals surface area contributed by atoms with Gasteiger partial charge in [-0.2, -0.15) is 0 Å². The molecule has 0 radical (unpaired) electrons. The van der Waals surface area contributed by atoms with E-state index < -0.39 is 0 Å². The molecule has 3 N–H and O–H groups in total. The molecule has 0 saturated heterocycles. The molecule has 0 aliphatic rings. The number of carbonyl (C=O) groups is 3. The molecule has 32 heavy (non-hydrogen) atoms. The minimum absolute atomic E-state index is 0.0686. The quantitative estimate of drug-likeness (QED) is 0.456. The molecule has 0 bridgehead atoms. The molecule has 3 amide bonds. The zero-order valence-electron chi connectivity index (χ0n) is 18.0. The fourth-order valence-corrected chi connectivity index (χ4v) is 2.98. The van der Waals surface area contributed by atoms with Crippen molar-refractivity contribution in [3.63, 3.8) is 0 Å². The van der Waals surface area contributed by atoms with Gasteiger partial charge < -0.3 is 20.7 Å². The van der Waals surface area contributed by atoms with Crippen molar-refractivity contribution in [1.82, 2.24) is 5.32 Å². The third-order valence-corrected chi connectivity index (χ3v) is 4.56. The Morgan fingerprint density at radius 1 is 0.844 bits per heavy atom. The number of benzene rings is 3. The Kier molecular flexibility index (Phi) is 7.59. The Morgan fingerprint density at radius 3 is 2.25 bits per heavy atom. The minimum Gasteiger partial charge on any atom is -0.484 e. The average Bonchev–Trinajstić information content (AvgIpc) is 2.76. The highest BCUT2D eigenvalue weighted by molar-refractivity contribution is 5.99. The number of ketones is 1. The van der Waals surface area contributed by atoms with Gasteiger partial charge in [-0.25, -0.2) is 4.79 Å². The van der Waals surface area contributed by atoms with Gasteiger partial charge in [0.15, 0.2) is 12.4 Å². The van der Waals surface area contributed by atoms with Crippen molar-refractivity contribution in [1.29, 1.82) is 0 Å². The Morgan fingerprint density at radius 2 is 1.53 bits per heavy atom. The fraction of sp³-hybridized carbons (Fsp3) is 0.160. The summed E-state index contributed by atoms with van der Waals surface area (Å²) in [4.78, 5) is 35.8. The third-order valence-electron chi connectivity index (χ3n) is 4.56. The molecule has 0 spiro atoms. The predicted octanol–water partition coefficient (Wildman–Crippen LogP) is 4.54. The first-order valence-corrected chi connectivity index (χ1v) is 10.1. The van der Waals surface area contributed by atoms with Crippen LogP contribution in [0.4, 0.5) is 16.2 Å². The maximum Gasteiger partial charge on any atom is 0.323 e. The number of aryl methyl sites for hydroxylation is 1. The van der Waals surface area contributed by atoms with Crippen molar-refractivity contribution in [3.05, 3.63) is 89.5 Å². The molecule has 7 heteroatoms. The van der Waals surface area contributed by atoms with Crippen molar-refractivity contribution in [2.45, 2.75) is 20.4 Å². The maximum absolute atomic E-state index is 12.2. The number of hydrogen-bond donors (Lipinski definition) is 3. The lowest BCUT2D eigenvalue weighted by Crippen LogP contribution is -2.28. The van der Waals surface area contributed by atoms with Crippen LogP contribution >= 0.6 is 0 Å². The van der Waals surface area contributed by atoms with E-state index in [0.29, 0.717) is 22.7 Å². The summed E-state index contributed by atoms with van der Waals surface area (Å²) in [5.74, 6) is 0.0911. The van der Waals surface area contributed by atoms with E-state index in [0.717, 1.165) is 11.1 Å². The van der Waals surface area contributed by atoms with Gasteiger partial charge >= 0.3 is 6.03 Å². The van der Waals surface area contributed by atoms with E-state index in [1.165, 1.54) is 6.92 Å². The van der Waals surface area contributed by atoms with E-state index in [-0.39, 0.29) is 30.9 Å². The van der Waals surface area contributed by atoms with Crippen LogP contribution in [0.25, 0.3) is 0 Å². The van der Waals surface area contributed by atoms with Crippen LogP contribution in [0, 0.1) is 6.92 Å². The standard InChI is InChI=1S/C25H25N3O4/c1-17-6-3-9-21(12-17)27-25(31)28-22-10-4-7-19(13-22)15-26-24(30)16-32-23-11-5-8-20(14-23)18(2)29/h3-14H,15-16H2,1-2H3,(H,26,30)(H2,27,28,31). The number of nitrogens with one attached hydrogen (secondary N) is 3. The molecule has 0 aliphatic heterocycles. The number of carbonyl (C=O) groups excluding carboxylic acids is 3. The molecule has 0 atom stereocenters. The van der Waals surface area contributed by atoms with Gasteiger partial charge in [0.1, 0.15) is 5.75 Å². The lowest BCUT2D eigenvalue weighted by Gasteiger charge is -2.11. The van der Waals surface area contributed by atoms with Gasteiger partial charge in [-0.1, -0.05) is 36.4 Å². The smallest absolute Gasteiger partial charge is 0.323 e. The van der Waals surface area contributed by atoms with Crippen molar-refractivity contribution >= 4 is 29.1 Å². The van der Waals surface area contributed by atoms with Crippen LogP contribution in [0.15, 0.2) is 72.8 Å². The van der Waals surface area contributed by atoms with Gasteiger partial charge in [-0.3, -0.25) is 9.59 Å². The number of urea groups is 1. The zero-order chi connectivity index (χ0) is 22.9. The van der Waals surface area contributed by atoms with E-state index in [9.17, 15) is 14.4 Å². The number of rotatable bonds is 8. The van der Waals surface area contributed by atoms with Crippen LogP contribution in [0.2, 0.25) is 0 Å². The second kappa shape index (κ2) is 10.8. The molecule has 7 nitrogen and oxygen atoms in total. The van der Waals surface area contributed by atoms with E-state index in [1.54, 1.807) is 42.5 Å². The highest BCUT2D eigenvalue weighted by Gasteiger charge is 2.07. The van der Waals surface area contributed by atoms with Crippen molar-refractivity contribution in [2.24, 2.45) is 0 Å². The van der Waals surface area contributed by atoms with E-state index in [4.69, 9.17) is 4.74 Å². The van der Waals surface area contributed by atoms with Crippen LogP contribution in [0.1, 0.15) is 28.4 Å². The highest BCUT2D eigenvalue weighted by Crippen LogP contribution is 2.15. The lowest BCUT2D eigenvalue weighted by molar-refractivity contribution is -0.123. The lowest BCUT2D eigenvalue weighted by atomic mass is 10.1. The first kappa shape index (κ1) is 22.6. The first-order chi connectivity index (χ1) is 15.4. The second-order valence-corrected chi connectivity index (χ2v) is 7.30. The van der Waals surface area contributed by atoms with Crippen LogP contribution < -0.4 is 20.7 Å². The Balaban J connectivity index is 1.48. The number of amides is 3. The van der Waals surface area contributed by atoms with Gasteiger partial charge in [0.2, 0.25) is 0 Å². The predicted molar refractivity (Wildman–Crippen MR) is 124 cm³/mol. The number of hydrogen-bond acceptors (Lipinski definition) is 4. The molecule has 0 aromatic heterocycles. The van der Waals surface area contributed by atoms with Gasteiger partial charge in [-0.05, 0) is 61.4 Å². The fourth-order valence-electron chi connectivity index (χ4n) is 2.98. The summed E-state index contributed by atoms with van der Waals surface area (Å²) in [5, 5.41) is 8.34. The molecule has 0 saturated carbocycles. The molecule has 0 unspecified atom stereocenters. The molecule has 0 fully saturated rings. The molecular weight excluding hydrogens is 406 g/mol. The number of Topliss-reactive ketones (excluding diaryl/α,β-unsaturated/α-hetero) is 1. The summed E-state index contributed by atoms with van der Waals surface area (Å²) in [6.07, 6.45) is 0. The monoisotopic (exact) mass is 431 g/mol. The van der Waals surface area contributed by atoms with Gasteiger partial charge in [0.25, 0.3) is 5.91 Å². The number of ether oxygens (including phenoxy) is 1. The van der Waals surface area contributed by atoms with Crippen LogP contribution in [-0.2, 0) is 11.3 Å². The molecule has 3 aromatic rings. The van der Waals surface area contributed by atoms with Gasteiger partial charge in [-0.15, -0.1) is 0 Å². The largest absolute Gasteiger partial charge is 0.484 e. The summed E-state index contributed by atoms with van der Waals surface area (Å²) in [6.45, 7) is 3.54. The molecular formula is C25H25N3O4. The van der Waals surface area contributed by atoms with Crippen molar-refractivity contribution < 1.29 is 19.1 Å². The van der Waals surface area contributed by atoms with E-state index in [1.807, 2.05) is 37.3 Å². The Labute approximate surface area is 186 Å². The maximum atomic E-state index is 12.2. The summed E-state index contributed by atoms with van der Waals surface area (Å²) in [7, 11) is 0. The summed E-state index contributed by atoms with van der Waals surface area (Å²) in [6, 6.07) is 21.1. The second-order valence-electron chi connectivity index (χ2n) is 7.30. The molecule has 0 aliphatic carbocycles. The zero-order valence-corrected chi connectivity index (χ0v) is 18.0. The molecule has 3 aromatic carbocycles. The van der Waals surface area contributed by atoms with Crippen molar-refractivity contribution in [3.8, 4) is 5.75 Å². The molecule has 164 valence electrons. The summed E-state index contributed by atoms with van der Waals surface area (Å²) in [5.41, 5.74) is 3.72. The van der Waals surface area contributed by atoms with Crippen LogP contribution in [0.3, 0.4) is 0 Å². The van der Waals surface area contributed by atoms with Gasteiger partial charge in [0.05, 0.1) is 0 Å². The average molecular weight is 431 g/mol. The van der Waals surface area contributed by atoms with Crippen molar-refractivity contribution in [2.75, 3.05) is 17.2 Å².